The highest BCUT2D eigenvalue weighted by atomic mass is 32.1. The zero-order chi connectivity index (χ0) is 23.2. The number of anilines is 1. The van der Waals surface area contributed by atoms with Gasteiger partial charge in [0.25, 0.3) is 0 Å². The Balaban J connectivity index is 1.79. The minimum Gasteiger partial charge on any atom is -0.497 e. The van der Waals surface area contributed by atoms with Crippen molar-refractivity contribution in [1.29, 1.82) is 0 Å². The van der Waals surface area contributed by atoms with E-state index in [1.807, 2.05) is 73.0 Å². The van der Waals surface area contributed by atoms with Crippen LogP contribution in [-0.2, 0) is 16.0 Å². The predicted molar refractivity (Wildman–Crippen MR) is 133 cm³/mol. The van der Waals surface area contributed by atoms with Gasteiger partial charge in [0, 0.05) is 22.7 Å². The molecule has 1 atom stereocenters. The normalized spacial score (nSPS) is 14.6. The quantitative estimate of drug-likeness (QED) is 0.485. The van der Waals surface area contributed by atoms with Crippen molar-refractivity contribution in [2.75, 3.05) is 12.0 Å². The molecule has 0 bridgehead atoms. The molecule has 1 aliphatic carbocycles. The van der Waals surface area contributed by atoms with Gasteiger partial charge in [-0.1, -0.05) is 49.2 Å². The number of ether oxygens (including phenoxy) is 1. The predicted octanol–water partition coefficient (Wildman–Crippen LogP) is 5.44. The Labute approximate surface area is 199 Å². The molecule has 33 heavy (non-hydrogen) atoms. The van der Waals surface area contributed by atoms with E-state index in [0.717, 1.165) is 41.7 Å². The van der Waals surface area contributed by atoms with Crippen molar-refractivity contribution < 1.29 is 14.3 Å². The topological polar surface area (TPSA) is 58.6 Å². The first-order chi connectivity index (χ1) is 16.1. The summed E-state index contributed by atoms with van der Waals surface area (Å²) in [6.45, 7) is 1.98. The number of methoxy groups -OCH3 is 1. The Bertz CT molecular complexity index is 1090. The van der Waals surface area contributed by atoms with Gasteiger partial charge in [-0.15, -0.1) is 11.3 Å². The van der Waals surface area contributed by atoms with Crippen molar-refractivity contribution in [1.82, 2.24) is 5.32 Å². The molecule has 2 amide bonds. The van der Waals surface area contributed by atoms with Gasteiger partial charge in [0.15, 0.2) is 0 Å². The van der Waals surface area contributed by atoms with Gasteiger partial charge in [-0.3, -0.25) is 14.5 Å². The van der Waals surface area contributed by atoms with Gasteiger partial charge in [-0.2, -0.15) is 0 Å². The van der Waals surface area contributed by atoms with Gasteiger partial charge in [0.05, 0.1) is 13.5 Å². The second-order valence-corrected chi connectivity index (χ2v) is 9.50. The number of hydrogen-bond donors (Lipinski definition) is 1. The number of hydrogen-bond acceptors (Lipinski definition) is 4. The highest BCUT2D eigenvalue weighted by Crippen LogP contribution is 2.33. The number of aryl methyl sites for hydroxylation is 1. The van der Waals surface area contributed by atoms with Crippen LogP contribution >= 0.6 is 11.3 Å². The van der Waals surface area contributed by atoms with E-state index in [1.165, 1.54) is 0 Å². The molecule has 1 aliphatic rings. The number of nitrogens with one attached hydrogen (secondary N) is 1. The van der Waals surface area contributed by atoms with E-state index in [9.17, 15) is 9.59 Å². The van der Waals surface area contributed by atoms with Crippen molar-refractivity contribution in [3.05, 3.63) is 82.0 Å². The van der Waals surface area contributed by atoms with Gasteiger partial charge in [-0.25, -0.2) is 0 Å². The van der Waals surface area contributed by atoms with Crippen molar-refractivity contribution in [3.8, 4) is 5.75 Å². The van der Waals surface area contributed by atoms with E-state index in [-0.39, 0.29) is 24.3 Å². The maximum Gasteiger partial charge on any atom is 0.248 e. The number of thiophene rings is 1. The van der Waals surface area contributed by atoms with E-state index < -0.39 is 6.04 Å². The van der Waals surface area contributed by atoms with Gasteiger partial charge in [0.2, 0.25) is 11.8 Å². The van der Waals surface area contributed by atoms with Crippen molar-refractivity contribution in [2.45, 2.75) is 51.1 Å². The number of carbonyl (C=O) groups excluding carboxylic acids is 2. The molecule has 0 spiro atoms. The van der Waals surface area contributed by atoms with Gasteiger partial charge < -0.3 is 10.1 Å². The highest BCUT2D eigenvalue weighted by Gasteiger charge is 2.35. The summed E-state index contributed by atoms with van der Waals surface area (Å²) < 4.78 is 5.43. The first kappa shape index (κ1) is 23.1. The molecule has 1 aromatic heterocycles. The second-order valence-electron chi connectivity index (χ2n) is 8.47. The van der Waals surface area contributed by atoms with Crippen LogP contribution in [0.2, 0.25) is 0 Å². The highest BCUT2D eigenvalue weighted by molar-refractivity contribution is 7.10. The Kier molecular flexibility index (Phi) is 7.45. The number of rotatable bonds is 8. The Morgan fingerprint density at radius 2 is 1.88 bits per heavy atom. The molecule has 4 rings (SSSR count). The van der Waals surface area contributed by atoms with E-state index in [1.54, 1.807) is 23.3 Å². The Morgan fingerprint density at radius 1 is 1.09 bits per heavy atom. The smallest absolute Gasteiger partial charge is 0.248 e. The Hall–Kier alpha value is -3.12. The van der Waals surface area contributed by atoms with Crippen LogP contribution in [0.15, 0.2) is 66.0 Å². The summed E-state index contributed by atoms with van der Waals surface area (Å²) in [5.74, 6) is 0.375. The van der Waals surface area contributed by atoms with Gasteiger partial charge >= 0.3 is 0 Å². The van der Waals surface area contributed by atoms with Crippen LogP contribution in [0.4, 0.5) is 5.69 Å². The van der Waals surface area contributed by atoms with E-state index in [4.69, 9.17) is 4.74 Å². The molecule has 6 heteroatoms. The van der Waals surface area contributed by atoms with Crippen LogP contribution in [0.1, 0.15) is 47.7 Å². The molecule has 0 radical (unpaired) electrons. The summed E-state index contributed by atoms with van der Waals surface area (Å²) in [6.07, 6.45) is 4.44. The molecule has 0 unspecified atom stereocenters. The fourth-order valence-electron chi connectivity index (χ4n) is 4.49. The van der Waals surface area contributed by atoms with Crippen LogP contribution in [-0.4, -0.2) is 25.0 Å². The lowest BCUT2D eigenvalue weighted by Crippen LogP contribution is -2.47. The third kappa shape index (κ3) is 5.45. The number of amides is 2. The molecule has 1 saturated carbocycles. The second kappa shape index (κ2) is 10.7. The molecule has 0 aliphatic heterocycles. The average Bonchev–Trinajstić information content (AvgIpc) is 3.52. The van der Waals surface area contributed by atoms with E-state index in [0.29, 0.717) is 11.4 Å². The van der Waals surface area contributed by atoms with Crippen molar-refractivity contribution in [2.24, 2.45) is 0 Å². The summed E-state index contributed by atoms with van der Waals surface area (Å²) in [6, 6.07) is 18.5. The summed E-state index contributed by atoms with van der Waals surface area (Å²) in [7, 11) is 1.60. The fourth-order valence-corrected chi connectivity index (χ4v) is 5.18. The lowest BCUT2D eigenvalue weighted by atomic mass is 9.97. The summed E-state index contributed by atoms with van der Waals surface area (Å²) in [5, 5.41) is 5.20. The summed E-state index contributed by atoms with van der Waals surface area (Å²) in [5.41, 5.74) is 2.45. The first-order valence-corrected chi connectivity index (χ1v) is 12.3. The molecule has 1 heterocycles. The zero-order valence-electron chi connectivity index (χ0n) is 19.1. The standard InChI is InChI=1S/C27H30N2O3S/c1-19-9-3-6-15-24(19)26(27(31)28-20-10-4-5-11-20)29(21-12-7-13-22(17-21)32-2)25(30)18-23-14-8-16-33-23/h3,6-9,12-17,20,26H,4-5,10-11,18H2,1-2H3,(H,28,31)/t26-/m0/s1. The molecule has 3 aromatic rings. The lowest BCUT2D eigenvalue weighted by molar-refractivity contribution is -0.127. The molecule has 2 aromatic carbocycles. The molecular formula is C27H30N2O3S. The van der Waals surface area contributed by atoms with Crippen LogP contribution in [0, 0.1) is 6.92 Å². The monoisotopic (exact) mass is 462 g/mol. The third-order valence-electron chi connectivity index (χ3n) is 6.20. The van der Waals surface area contributed by atoms with Crippen molar-refractivity contribution >= 4 is 28.8 Å². The average molecular weight is 463 g/mol. The maximum atomic E-state index is 13.8. The van der Waals surface area contributed by atoms with Gasteiger partial charge in [-0.05, 0) is 54.5 Å². The fraction of sp³-hybridized carbons (Fsp3) is 0.333. The first-order valence-electron chi connectivity index (χ1n) is 11.4. The van der Waals surface area contributed by atoms with Crippen LogP contribution in [0.5, 0.6) is 5.75 Å². The SMILES string of the molecule is COc1cccc(N(C(=O)Cc2cccs2)[C@H](C(=O)NC2CCCC2)c2ccccc2C)c1. The summed E-state index contributed by atoms with van der Waals surface area (Å²) >= 11 is 1.54. The van der Waals surface area contributed by atoms with Crippen molar-refractivity contribution in [3.63, 3.8) is 0 Å². The minimum absolute atomic E-state index is 0.125. The minimum atomic E-state index is -0.772. The Morgan fingerprint density at radius 3 is 2.58 bits per heavy atom. The third-order valence-corrected chi connectivity index (χ3v) is 7.07. The molecule has 1 N–H and O–H groups in total. The summed E-state index contributed by atoms with van der Waals surface area (Å²) in [4.78, 5) is 30.2. The van der Waals surface area contributed by atoms with Crippen LogP contribution in [0.3, 0.4) is 0 Å². The molecule has 1 fully saturated rings. The van der Waals surface area contributed by atoms with E-state index >= 15 is 0 Å². The van der Waals surface area contributed by atoms with Crippen LogP contribution in [0.25, 0.3) is 0 Å². The molecule has 0 saturated heterocycles. The largest absolute Gasteiger partial charge is 0.497 e. The lowest BCUT2D eigenvalue weighted by Gasteiger charge is -2.33. The molecule has 5 nitrogen and oxygen atoms in total. The molecule has 172 valence electrons. The number of nitrogens with zero attached hydrogens (tertiary/aromatic N) is 1. The van der Waals surface area contributed by atoms with Gasteiger partial charge in [0.1, 0.15) is 11.8 Å². The number of carbonyl (C=O) groups is 2. The zero-order valence-corrected chi connectivity index (χ0v) is 19.9. The van der Waals surface area contributed by atoms with E-state index in [2.05, 4.69) is 5.32 Å². The van der Waals surface area contributed by atoms with Crippen LogP contribution < -0.4 is 15.0 Å². The number of benzene rings is 2. The molecular weight excluding hydrogens is 432 g/mol. The maximum absolute atomic E-state index is 13.8.